The van der Waals surface area contributed by atoms with Gasteiger partial charge in [0.05, 0.1) is 5.97 Å². The van der Waals surface area contributed by atoms with Gasteiger partial charge in [-0.05, 0) is 42.7 Å². The van der Waals surface area contributed by atoms with Crippen molar-refractivity contribution >= 4 is 16.9 Å². The maximum Gasteiger partial charge on any atom is 0.0715 e. The fourth-order valence-electron chi connectivity index (χ4n) is 2.75. The number of aryl methyl sites for hydroxylation is 1. The number of hydrogen-bond donors (Lipinski definition) is 0. The molecule has 0 spiro atoms. The van der Waals surface area contributed by atoms with Gasteiger partial charge in [0.15, 0.2) is 0 Å². The lowest BCUT2D eigenvalue weighted by atomic mass is 10.1. The van der Waals surface area contributed by atoms with Crippen LogP contribution in [-0.4, -0.2) is 10.5 Å². The highest BCUT2D eigenvalue weighted by Crippen LogP contribution is 2.27. The number of carboxylic acids is 1. The molecule has 0 bridgehead atoms. The van der Waals surface area contributed by atoms with Crippen LogP contribution in [0.3, 0.4) is 0 Å². The van der Waals surface area contributed by atoms with E-state index in [0.29, 0.717) is 0 Å². The summed E-state index contributed by atoms with van der Waals surface area (Å²) in [4.78, 5) is 11.0. The minimum absolute atomic E-state index is 0.225. The van der Waals surface area contributed by atoms with Gasteiger partial charge in [0, 0.05) is 23.1 Å². The summed E-state index contributed by atoms with van der Waals surface area (Å²) in [7, 11) is 0. The van der Waals surface area contributed by atoms with E-state index >= 15 is 0 Å². The van der Waals surface area contributed by atoms with Crippen LogP contribution in [0.25, 0.3) is 10.9 Å². The summed E-state index contributed by atoms with van der Waals surface area (Å²) in [5, 5.41) is 12.0. The van der Waals surface area contributed by atoms with Crippen LogP contribution in [0.1, 0.15) is 27.2 Å². The van der Waals surface area contributed by atoms with Crippen molar-refractivity contribution in [2.24, 2.45) is 0 Å². The number of aromatic nitrogens is 1. The van der Waals surface area contributed by atoms with E-state index in [-0.39, 0.29) is 5.56 Å². The number of fused-ring (bicyclic) bond motifs is 1. The Hall–Kier alpha value is -2.55. The first-order valence-corrected chi connectivity index (χ1v) is 6.92. The molecule has 0 radical (unpaired) electrons. The molecular formula is C18H16NO2-. The van der Waals surface area contributed by atoms with Gasteiger partial charge in [-0.3, -0.25) is 0 Å². The Morgan fingerprint density at radius 3 is 2.48 bits per heavy atom. The van der Waals surface area contributed by atoms with Crippen molar-refractivity contribution < 1.29 is 9.90 Å². The summed E-state index contributed by atoms with van der Waals surface area (Å²) >= 11 is 0. The Morgan fingerprint density at radius 1 is 1.10 bits per heavy atom. The standard InChI is InChI=1S/C18H17NO2/c1-12-13(2)19(11-14-6-4-3-5-7-14)17-9-8-15(18(20)21)10-16(12)17/h3-10H,11H2,1-2H3,(H,20,21)/p-1. The number of carbonyl (C=O) groups is 1. The van der Waals surface area contributed by atoms with E-state index in [1.165, 1.54) is 5.56 Å². The lowest BCUT2D eigenvalue weighted by Crippen LogP contribution is -2.21. The van der Waals surface area contributed by atoms with E-state index in [1.807, 2.05) is 31.2 Å². The zero-order chi connectivity index (χ0) is 15.0. The molecule has 0 aliphatic rings. The number of hydrogen-bond acceptors (Lipinski definition) is 2. The van der Waals surface area contributed by atoms with Gasteiger partial charge < -0.3 is 14.5 Å². The lowest BCUT2D eigenvalue weighted by Gasteiger charge is -2.09. The number of carbonyl (C=O) groups excluding carboxylic acids is 1. The van der Waals surface area contributed by atoms with E-state index < -0.39 is 5.97 Å². The molecule has 1 aromatic heterocycles. The van der Waals surface area contributed by atoms with Crippen LogP contribution >= 0.6 is 0 Å². The highest BCUT2D eigenvalue weighted by molar-refractivity contribution is 5.94. The van der Waals surface area contributed by atoms with Crippen molar-refractivity contribution in [2.45, 2.75) is 20.4 Å². The zero-order valence-electron chi connectivity index (χ0n) is 12.1. The molecular weight excluding hydrogens is 262 g/mol. The third-order valence-corrected chi connectivity index (χ3v) is 4.06. The van der Waals surface area contributed by atoms with Crippen molar-refractivity contribution in [3.8, 4) is 0 Å². The highest BCUT2D eigenvalue weighted by Gasteiger charge is 2.11. The molecule has 0 aliphatic carbocycles. The van der Waals surface area contributed by atoms with Crippen LogP contribution in [0.15, 0.2) is 48.5 Å². The number of aromatic carboxylic acids is 1. The number of nitrogens with zero attached hydrogens (tertiary/aromatic N) is 1. The van der Waals surface area contributed by atoms with E-state index in [1.54, 1.807) is 12.1 Å². The maximum atomic E-state index is 11.0. The molecule has 21 heavy (non-hydrogen) atoms. The molecule has 0 fully saturated rings. The second-order valence-corrected chi connectivity index (χ2v) is 5.30. The quantitative estimate of drug-likeness (QED) is 0.739. The highest BCUT2D eigenvalue weighted by atomic mass is 16.4. The Morgan fingerprint density at radius 2 is 1.81 bits per heavy atom. The van der Waals surface area contributed by atoms with Crippen LogP contribution < -0.4 is 5.11 Å². The predicted molar refractivity (Wildman–Crippen MR) is 81.3 cm³/mol. The van der Waals surface area contributed by atoms with Gasteiger partial charge in [0.25, 0.3) is 0 Å². The molecule has 0 saturated carbocycles. The summed E-state index contributed by atoms with van der Waals surface area (Å²) < 4.78 is 2.22. The van der Waals surface area contributed by atoms with Gasteiger partial charge in [0.2, 0.25) is 0 Å². The van der Waals surface area contributed by atoms with Gasteiger partial charge in [-0.2, -0.15) is 0 Å². The summed E-state index contributed by atoms with van der Waals surface area (Å²) in [6.45, 7) is 4.87. The Bertz CT molecular complexity index is 816. The summed E-state index contributed by atoms with van der Waals surface area (Å²) in [6.07, 6.45) is 0. The third kappa shape index (κ3) is 2.31. The SMILES string of the molecule is Cc1c(C)n(Cc2ccccc2)c2ccc(C(=O)[O-])cc12. The molecule has 3 heteroatoms. The molecule has 3 nitrogen and oxygen atoms in total. The average Bonchev–Trinajstić information content (AvgIpc) is 2.73. The van der Waals surface area contributed by atoms with Crippen LogP contribution in [0.2, 0.25) is 0 Å². The monoisotopic (exact) mass is 278 g/mol. The molecule has 1 heterocycles. The Kier molecular flexibility index (Phi) is 3.26. The van der Waals surface area contributed by atoms with Crippen LogP contribution in [0, 0.1) is 13.8 Å². The first kappa shape index (κ1) is 13.4. The van der Waals surface area contributed by atoms with Crippen LogP contribution in [-0.2, 0) is 6.54 Å². The summed E-state index contributed by atoms with van der Waals surface area (Å²) in [5.74, 6) is -1.13. The van der Waals surface area contributed by atoms with Gasteiger partial charge in [-0.1, -0.05) is 36.4 Å². The Labute approximate surface area is 123 Å². The van der Waals surface area contributed by atoms with Crippen LogP contribution in [0.4, 0.5) is 0 Å². The molecule has 0 saturated heterocycles. The topological polar surface area (TPSA) is 45.1 Å². The molecule has 0 amide bonds. The summed E-state index contributed by atoms with van der Waals surface area (Å²) in [6, 6.07) is 15.4. The van der Waals surface area contributed by atoms with Crippen LogP contribution in [0.5, 0.6) is 0 Å². The zero-order valence-corrected chi connectivity index (χ0v) is 12.1. The number of benzene rings is 2. The lowest BCUT2D eigenvalue weighted by molar-refractivity contribution is -0.255. The molecule has 0 N–H and O–H groups in total. The van der Waals surface area contributed by atoms with Gasteiger partial charge in [-0.15, -0.1) is 0 Å². The third-order valence-electron chi connectivity index (χ3n) is 4.06. The van der Waals surface area contributed by atoms with Gasteiger partial charge in [-0.25, -0.2) is 0 Å². The Balaban J connectivity index is 2.15. The first-order valence-electron chi connectivity index (χ1n) is 6.92. The molecule has 3 rings (SSSR count). The van der Waals surface area contributed by atoms with E-state index in [2.05, 4.69) is 23.6 Å². The normalized spacial score (nSPS) is 11.0. The van der Waals surface area contributed by atoms with E-state index in [0.717, 1.165) is 28.7 Å². The molecule has 0 aliphatic heterocycles. The molecule has 0 unspecified atom stereocenters. The minimum Gasteiger partial charge on any atom is -0.545 e. The second kappa shape index (κ2) is 5.09. The number of carboxylic acid groups (broad SMARTS) is 1. The van der Waals surface area contributed by atoms with Gasteiger partial charge >= 0.3 is 0 Å². The van der Waals surface area contributed by atoms with Crippen molar-refractivity contribution in [3.63, 3.8) is 0 Å². The molecule has 2 aromatic carbocycles. The second-order valence-electron chi connectivity index (χ2n) is 5.30. The van der Waals surface area contributed by atoms with Crippen molar-refractivity contribution in [1.82, 2.24) is 4.57 Å². The molecule has 0 atom stereocenters. The summed E-state index contributed by atoms with van der Waals surface area (Å²) in [5.41, 5.74) is 4.77. The van der Waals surface area contributed by atoms with Crippen molar-refractivity contribution in [2.75, 3.05) is 0 Å². The first-order chi connectivity index (χ1) is 10.1. The van der Waals surface area contributed by atoms with E-state index in [4.69, 9.17) is 0 Å². The largest absolute Gasteiger partial charge is 0.545 e. The minimum atomic E-state index is -1.13. The smallest absolute Gasteiger partial charge is 0.0715 e. The maximum absolute atomic E-state index is 11.0. The van der Waals surface area contributed by atoms with E-state index in [9.17, 15) is 9.90 Å². The predicted octanol–water partition coefficient (Wildman–Crippen LogP) is 2.67. The fourth-order valence-corrected chi connectivity index (χ4v) is 2.75. The van der Waals surface area contributed by atoms with Gasteiger partial charge in [0.1, 0.15) is 0 Å². The van der Waals surface area contributed by atoms with Crippen molar-refractivity contribution in [3.05, 3.63) is 70.9 Å². The average molecular weight is 278 g/mol. The van der Waals surface area contributed by atoms with Crippen molar-refractivity contribution in [1.29, 1.82) is 0 Å². The molecule has 106 valence electrons. The number of rotatable bonds is 3. The molecule has 3 aromatic rings. The fraction of sp³-hybridized carbons (Fsp3) is 0.167.